The Hall–Kier alpha value is -2.31. The van der Waals surface area contributed by atoms with Crippen molar-refractivity contribution < 1.29 is 22.7 Å². The minimum Gasteiger partial charge on any atom is -0.462 e. The highest BCUT2D eigenvalue weighted by atomic mass is 19.2. The SMILES string of the molecule is CCOC(=O)c1cnc2c(F)c(F)cc(F)c2c1N. The van der Waals surface area contributed by atoms with Gasteiger partial charge in [-0.15, -0.1) is 0 Å². The molecule has 7 heteroatoms. The fourth-order valence-corrected chi connectivity index (χ4v) is 1.67. The molecule has 1 heterocycles. The van der Waals surface area contributed by atoms with Crippen molar-refractivity contribution in [2.45, 2.75) is 6.92 Å². The van der Waals surface area contributed by atoms with Crippen molar-refractivity contribution in [3.8, 4) is 0 Å². The maximum atomic E-state index is 13.6. The molecule has 0 aliphatic rings. The largest absolute Gasteiger partial charge is 0.462 e. The number of hydrogen-bond donors (Lipinski definition) is 1. The molecule has 0 saturated carbocycles. The van der Waals surface area contributed by atoms with Gasteiger partial charge in [0.25, 0.3) is 0 Å². The number of halogens is 3. The van der Waals surface area contributed by atoms with Crippen LogP contribution in [0.15, 0.2) is 12.3 Å². The first-order valence-electron chi connectivity index (χ1n) is 5.36. The van der Waals surface area contributed by atoms with Crippen LogP contribution >= 0.6 is 0 Å². The Bertz CT molecular complexity index is 674. The maximum absolute atomic E-state index is 13.6. The van der Waals surface area contributed by atoms with Gasteiger partial charge >= 0.3 is 5.97 Å². The third-order valence-corrected chi connectivity index (χ3v) is 2.52. The first-order chi connectivity index (χ1) is 8.97. The number of carbonyl (C=O) groups excluding carboxylic acids is 1. The Morgan fingerprint density at radius 1 is 1.37 bits per heavy atom. The predicted octanol–water partition coefficient (Wildman–Crippen LogP) is 2.41. The number of anilines is 1. The number of nitrogens with zero attached hydrogens (tertiary/aromatic N) is 1. The van der Waals surface area contributed by atoms with Gasteiger partial charge in [-0.3, -0.25) is 4.98 Å². The van der Waals surface area contributed by atoms with Crippen LogP contribution in [0.4, 0.5) is 18.9 Å². The van der Waals surface area contributed by atoms with Crippen molar-refractivity contribution in [1.29, 1.82) is 0 Å². The smallest absolute Gasteiger partial charge is 0.341 e. The second kappa shape index (κ2) is 4.75. The second-order valence-electron chi connectivity index (χ2n) is 3.68. The molecule has 0 bridgehead atoms. The van der Waals surface area contributed by atoms with Crippen molar-refractivity contribution in [3.63, 3.8) is 0 Å². The first-order valence-corrected chi connectivity index (χ1v) is 5.36. The van der Waals surface area contributed by atoms with E-state index >= 15 is 0 Å². The number of nitrogens with two attached hydrogens (primary N) is 1. The van der Waals surface area contributed by atoms with Crippen molar-refractivity contribution in [1.82, 2.24) is 4.98 Å². The maximum Gasteiger partial charge on any atom is 0.341 e. The second-order valence-corrected chi connectivity index (χ2v) is 3.68. The van der Waals surface area contributed by atoms with Crippen LogP contribution in [-0.4, -0.2) is 17.6 Å². The zero-order valence-corrected chi connectivity index (χ0v) is 9.84. The van der Waals surface area contributed by atoms with Gasteiger partial charge in [0.15, 0.2) is 11.6 Å². The molecule has 0 unspecified atom stereocenters. The summed E-state index contributed by atoms with van der Waals surface area (Å²) in [6.45, 7) is 1.68. The van der Waals surface area contributed by atoms with E-state index in [2.05, 4.69) is 4.98 Å². The first kappa shape index (κ1) is 13.1. The summed E-state index contributed by atoms with van der Waals surface area (Å²) < 4.78 is 44.8. The summed E-state index contributed by atoms with van der Waals surface area (Å²) in [5.74, 6) is -4.59. The Morgan fingerprint density at radius 2 is 2.05 bits per heavy atom. The molecular formula is C12H9F3N2O2. The molecule has 0 aliphatic carbocycles. The zero-order valence-electron chi connectivity index (χ0n) is 9.84. The summed E-state index contributed by atoms with van der Waals surface area (Å²) in [5, 5.41) is -0.440. The Kier molecular flexibility index (Phi) is 3.28. The van der Waals surface area contributed by atoms with Crippen molar-refractivity contribution >= 4 is 22.6 Å². The number of aromatic nitrogens is 1. The molecule has 4 nitrogen and oxygen atoms in total. The molecule has 0 radical (unpaired) electrons. The van der Waals surface area contributed by atoms with E-state index in [-0.39, 0.29) is 17.9 Å². The van der Waals surface area contributed by atoms with Gasteiger partial charge in [0.2, 0.25) is 0 Å². The van der Waals surface area contributed by atoms with E-state index in [4.69, 9.17) is 10.5 Å². The summed E-state index contributed by atoms with van der Waals surface area (Å²) in [6.07, 6.45) is 0.928. The molecule has 0 atom stereocenters. The van der Waals surface area contributed by atoms with Crippen molar-refractivity contribution in [2.75, 3.05) is 12.3 Å². The number of nitrogen functional groups attached to an aromatic ring is 1. The third kappa shape index (κ3) is 2.07. The highest BCUT2D eigenvalue weighted by Crippen LogP contribution is 2.29. The monoisotopic (exact) mass is 270 g/mol. The molecule has 0 spiro atoms. The average Bonchev–Trinajstić information content (AvgIpc) is 2.35. The van der Waals surface area contributed by atoms with Crippen LogP contribution in [0.2, 0.25) is 0 Å². The fourth-order valence-electron chi connectivity index (χ4n) is 1.67. The zero-order chi connectivity index (χ0) is 14.2. The topological polar surface area (TPSA) is 65.2 Å². The van der Waals surface area contributed by atoms with Crippen LogP contribution < -0.4 is 5.73 Å². The number of esters is 1. The number of carbonyl (C=O) groups is 1. The molecule has 1 aromatic carbocycles. The van der Waals surface area contributed by atoms with Crippen LogP contribution in [0.25, 0.3) is 10.9 Å². The lowest BCUT2D eigenvalue weighted by molar-refractivity contribution is 0.0527. The van der Waals surface area contributed by atoms with Crippen LogP contribution in [0.5, 0.6) is 0 Å². The van der Waals surface area contributed by atoms with Gasteiger partial charge in [0, 0.05) is 12.3 Å². The molecule has 19 heavy (non-hydrogen) atoms. The van der Waals surface area contributed by atoms with Gasteiger partial charge < -0.3 is 10.5 Å². The van der Waals surface area contributed by atoms with Crippen LogP contribution in [0.1, 0.15) is 17.3 Å². The van der Waals surface area contributed by atoms with E-state index in [1.165, 1.54) is 0 Å². The number of pyridine rings is 1. The lowest BCUT2D eigenvalue weighted by Crippen LogP contribution is -2.10. The van der Waals surface area contributed by atoms with E-state index in [9.17, 15) is 18.0 Å². The molecule has 1 aromatic heterocycles. The van der Waals surface area contributed by atoms with Crippen molar-refractivity contribution in [2.24, 2.45) is 0 Å². The van der Waals surface area contributed by atoms with Gasteiger partial charge in [0.05, 0.1) is 17.7 Å². The Morgan fingerprint density at radius 3 is 2.68 bits per heavy atom. The van der Waals surface area contributed by atoms with Gasteiger partial charge in [-0.05, 0) is 6.92 Å². The molecule has 0 aliphatic heterocycles. The normalized spacial score (nSPS) is 10.7. The van der Waals surface area contributed by atoms with E-state index in [1.807, 2.05) is 0 Å². The molecule has 2 aromatic rings. The summed E-state index contributed by atoms with van der Waals surface area (Å²) in [5.41, 5.74) is 4.50. The van der Waals surface area contributed by atoms with Gasteiger partial charge in [-0.25, -0.2) is 18.0 Å². The molecule has 100 valence electrons. The molecule has 2 N–H and O–H groups in total. The average molecular weight is 270 g/mol. The van der Waals surface area contributed by atoms with Gasteiger partial charge in [0.1, 0.15) is 16.9 Å². The van der Waals surface area contributed by atoms with Gasteiger partial charge in [-0.1, -0.05) is 0 Å². The summed E-state index contributed by atoms with van der Waals surface area (Å²) in [7, 11) is 0. The summed E-state index contributed by atoms with van der Waals surface area (Å²) >= 11 is 0. The van der Waals surface area contributed by atoms with E-state index < -0.39 is 34.3 Å². The lowest BCUT2D eigenvalue weighted by atomic mass is 10.1. The summed E-state index contributed by atoms with van der Waals surface area (Å²) in [4.78, 5) is 15.1. The number of fused-ring (bicyclic) bond motifs is 1. The summed E-state index contributed by atoms with van der Waals surface area (Å²) in [6, 6.07) is 0.352. The van der Waals surface area contributed by atoms with Gasteiger partial charge in [-0.2, -0.15) is 0 Å². The number of benzene rings is 1. The fraction of sp³-hybridized carbons (Fsp3) is 0.167. The highest BCUT2D eigenvalue weighted by molar-refractivity contribution is 6.04. The minimum atomic E-state index is -1.37. The number of hydrogen-bond acceptors (Lipinski definition) is 4. The van der Waals surface area contributed by atoms with E-state index in [0.29, 0.717) is 6.07 Å². The quantitative estimate of drug-likeness (QED) is 0.672. The van der Waals surface area contributed by atoms with Crippen LogP contribution in [0.3, 0.4) is 0 Å². The molecule has 2 rings (SSSR count). The predicted molar refractivity (Wildman–Crippen MR) is 62.0 cm³/mol. The minimum absolute atomic E-state index is 0.0938. The van der Waals surface area contributed by atoms with E-state index in [1.54, 1.807) is 6.92 Å². The van der Waals surface area contributed by atoms with Crippen LogP contribution in [0, 0.1) is 17.5 Å². The Labute approximate surface area is 106 Å². The lowest BCUT2D eigenvalue weighted by Gasteiger charge is -2.09. The Balaban J connectivity index is 2.75. The number of ether oxygens (including phenoxy) is 1. The van der Waals surface area contributed by atoms with Crippen molar-refractivity contribution in [3.05, 3.63) is 35.3 Å². The van der Waals surface area contributed by atoms with E-state index in [0.717, 1.165) is 6.20 Å². The standard InChI is InChI=1S/C12H9F3N2O2/c1-2-19-12(18)5-4-17-11-8(10(5)16)6(13)3-7(14)9(11)15/h3-4H,2H2,1H3,(H2,16,17). The molecule has 0 saturated heterocycles. The third-order valence-electron chi connectivity index (χ3n) is 2.52. The molecule has 0 fully saturated rings. The molecule has 0 amide bonds. The highest BCUT2D eigenvalue weighted by Gasteiger charge is 2.21. The number of rotatable bonds is 2. The van der Waals surface area contributed by atoms with Crippen LogP contribution in [-0.2, 0) is 4.74 Å². The molecular weight excluding hydrogens is 261 g/mol.